The molecule has 0 bridgehead atoms. The summed E-state index contributed by atoms with van der Waals surface area (Å²) in [6.45, 7) is 1.19. The Labute approximate surface area is 193 Å². The lowest BCUT2D eigenvalue weighted by molar-refractivity contribution is 0.0992. The molecular formula is C26H26N4OS. The maximum atomic E-state index is 12.0. The smallest absolute Gasteiger partial charge is 0.265 e. The number of nitrogens with one attached hydrogen (secondary N) is 1. The van der Waals surface area contributed by atoms with Crippen molar-refractivity contribution in [3.63, 3.8) is 0 Å². The van der Waals surface area contributed by atoms with Gasteiger partial charge in [0.25, 0.3) is 5.91 Å². The molecule has 3 N–H and O–H groups in total. The van der Waals surface area contributed by atoms with Crippen LogP contribution in [0, 0.1) is 0 Å². The van der Waals surface area contributed by atoms with Crippen LogP contribution in [0.4, 0.5) is 5.69 Å². The Morgan fingerprint density at radius 1 is 0.969 bits per heavy atom. The van der Waals surface area contributed by atoms with Crippen molar-refractivity contribution < 1.29 is 4.79 Å². The molecule has 0 aliphatic carbocycles. The van der Waals surface area contributed by atoms with E-state index >= 15 is 0 Å². The highest BCUT2D eigenvalue weighted by Gasteiger charge is 2.13. The summed E-state index contributed by atoms with van der Waals surface area (Å²) in [6, 6.07) is 26.2. The molecule has 0 aliphatic rings. The van der Waals surface area contributed by atoms with Crippen LogP contribution in [-0.2, 0) is 13.1 Å². The molecule has 0 saturated carbocycles. The van der Waals surface area contributed by atoms with Gasteiger partial charge in [-0.1, -0.05) is 60.7 Å². The molecule has 0 atom stereocenters. The van der Waals surface area contributed by atoms with Gasteiger partial charge in [-0.05, 0) is 41.5 Å². The number of carbonyl (C=O) groups is 1. The van der Waals surface area contributed by atoms with Crippen LogP contribution in [0.1, 0.15) is 27.2 Å². The number of para-hydroxylation sites is 1. The number of rotatable bonds is 7. The summed E-state index contributed by atoms with van der Waals surface area (Å²) in [5, 5.41) is 4.34. The van der Waals surface area contributed by atoms with Gasteiger partial charge in [-0.2, -0.15) is 0 Å². The average molecular weight is 443 g/mol. The number of benzene rings is 3. The van der Waals surface area contributed by atoms with Gasteiger partial charge in [0.1, 0.15) is 10.7 Å². The number of carbonyl (C=O) groups excluding carboxylic acids is 1. The first kappa shape index (κ1) is 21.6. The molecule has 0 radical (unpaired) electrons. The quantitative estimate of drug-likeness (QED) is 0.419. The summed E-state index contributed by atoms with van der Waals surface area (Å²) in [7, 11) is 4.05. The van der Waals surface area contributed by atoms with Crippen molar-refractivity contribution in [2.24, 2.45) is 5.73 Å². The topological polar surface area (TPSA) is 63.3 Å². The SMILES string of the molecule is CN(C)c1ccc(CNC(=S)c2cccc(Cn3c(C(N)=O)cc4ccccc43)c2)cc1. The minimum absolute atomic E-state index is 0.435. The number of nitrogens with zero attached hydrogens (tertiary/aromatic N) is 2. The molecule has 0 saturated heterocycles. The highest BCUT2D eigenvalue weighted by atomic mass is 32.1. The minimum Gasteiger partial charge on any atom is -0.378 e. The standard InChI is InChI=1S/C26H26N4OS/c1-29(2)22-12-10-18(11-13-22)16-28-26(32)21-8-5-6-19(14-21)17-30-23-9-4-3-7-20(23)15-24(30)25(27)31/h3-15H,16-17H2,1-2H3,(H2,27,31)(H,28,32). The van der Waals surface area contributed by atoms with E-state index < -0.39 is 5.91 Å². The maximum Gasteiger partial charge on any atom is 0.265 e. The van der Waals surface area contributed by atoms with E-state index in [1.54, 1.807) is 0 Å². The molecule has 32 heavy (non-hydrogen) atoms. The number of aromatic nitrogens is 1. The third-order valence-corrected chi connectivity index (χ3v) is 5.88. The number of fused-ring (bicyclic) bond motifs is 1. The van der Waals surface area contributed by atoms with Crippen LogP contribution < -0.4 is 16.0 Å². The van der Waals surface area contributed by atoms with Crippen LogP contribution in [0.5, 0.6) is 0 Å². The van der Waals surface area contributed by atoms with Crippen molar-refractivity contribution in [1.82, 2.24) is 9.88 Å². The molecule has 1 heterocycles. The Kier molecular flexibility index (Phi) is 6.23. The van der Waals surface area contributed by atoms with Gasteiger partial charge in [0.15, 0.2) is 0 Å². The van der Waals surface area contributed by atoms with Crippen LogP contribution in [0.15, 0.2) is 78.9 Å². The van der Waals surface area contributed by atoms with Gasteiger partial charge in [-0.3, -0.25) is 4.79 Å². The van der Waals surface area contributed by atoms with Crippen molar-refractivity contribution >= 4 is 39.7 Å². The average Bonchev–Trinajstić information content (AvgIpc) is 3.16. The largest absolute Gasteiger partial charge is 0.378 e. The van der Waals surface area contributed by atoms with Gasteiger partial charge >= 0.3 is 0 Å². The molecule has 4 aromatic rings. The molecule has 1 aromatic heterocycles. The molecule has 0 unspecified atom stereocenters. The monoisotopic (exact) mass is 442 g/mol. The van der Waals surface area contributed by atoms with Gasteiger partial charge in [0.2, 0.25) is 0 Å². The lowest BCUT2D eigenvalue weighted by atomic mass is 10.1. The third-order valence-electron chi connectivity index (χ3n) is 5.50. The number of hydrogen-bond acceptors (Lipinski definition) is 3. The Hall–Kier alpha value is -3.64. The van der Waals surface area contributed by atoms with E-state index in [0.29, 0.717) is 23.8 Å². The van der Waals surface area contributed by atoms with E-state index in [-0.39, 0.29) is 0 Å². The summed E-state index contributed by atoms with van der Waals surface area (Å²) >= 11 is 5.64. The maximum absolute atomic E-state index is 12.0. The minimum atomic E-state index is -0.435. The van der Waals surface area contributed by atoms with Crippen LogP contribution >= 0.6 is 12.2 Å². The second kappa shape index (κ2) is 9.24. The van der Waals surface area contributed by atoms with Crippen molar-refractivity contribution in [2.45, 2.75) is 13.1 Å². The highest BCUT2D eigenvalue weighted by molar-refractivity contribution is 7.80. The van der Waals surface area contributed by atoms with Crippen molar-refractivity contribution in [3.05, 3.63) is 101 Å². The number of hydrogen-bond donors (Lipinski definition) is 2. The summed E-state index contributed by atoms with van der Waals surface area (Å²) in [4.78, 5) is 14.8. The molecule has 0 spiro atoms. The fourth-order valence-corrected chi connectivity index (χ4v) is 3.97. The predicted molar refractivity (Wildman–Crippen MR) is 135 cm³/mol. The first-order valence-electron chi connectivity index (χ1n) is 10.4. The summed E-state index contributed by atoms with van der Waals surface area (Å²) in [5.41, 5.74) is 11.4. The summed E-state index contributed by atoms with van der Waals surface area (Å²) in [6.07, 6.45) is 0. The van der Waals surface area contributed by atoms with Crippen molar-refractivity contribution in [2.75, 3.05) is 19.0 Å². The first-order chi connectivity index (χ1) is 15.4. The molecule has 1 amide bonds. The summed E-state index contributed by atoms with van der Waals surface area (Å²) in [5.74, 6) is -0.435. The zero-order chi connectivity index (χ0) is 22.7. The van der Waals surface area contributed by atoms with Crippen LogP contribution in [0.3, 0.4) is 0 Å². The van der Waals surface area contributed by atoms with Gasteiger partial charge in [-0.25, -0.2) is 0 Å². The normalized spacial score (nSPS) is 10.8. The molecule has 0 aliphatic heterocycles. The van der Waals surface area contributed by atoms with Crippen LogP contribution in [0.25, 0.3) is 10.9 Å². The second-order valence-corrected chi connectivity index (χ2v) is 8.39. The van der Waals surface area contributed by atoms with Crippen LogP contribution in [0.2, 0.25) is 0 Å². The molecule has 5 nitrogen and oxygen atoms in total. The lowest BCUT2D eigenvalue weighted by Crippen LogP contribution is -2.22. The van der Waals surface area contributed by atoms with Crippen molar-refractivity contribution in [1.29, 1.82) is 0 Å². The van der Waals surface area contributed by atoms with E-state index in [1.807, 2.05) is 67.2 Å². The molecule has 0 fully saturated rings. The van der Waals surface area contributed by atoms with E-state index in [1.165, 1.54) is 5.56 Å². The number of primary amides is 1. The number of nitrogens with two attached hydrogens (primary N) is 1. The van der Waals surface area contributed by atoms with E-state index in [9.17, 15) is 4.79 Å². The van der Waals surface area contributed by atoms with Gasteiger partial charge in [0.05, 0.1) is 0 Å². The second-order valence-electron chi connectivity index (χ2n) is 7.98. The number of amides is 1. The molecular weight excluding hydrogens is 416 g/mol. The van der Waals surface area contributed by atoms with Gasteiger partial charge in [0, 0.05) is 49.3 Å². The fourth-order valence-electron chi connectivity index (χ4n) is 3.77. The summed E-state index contributed by atoms with van der Waals surface area (Å²) < 4.78 is 1.96. The number of anilines is 1. The Morgan fingerprint density at radius 3 is 2.44 bits per heavy atom. The van der Waals surface area contributed by atoms with Crippen molar-refractivity contribution in [3.8, 4) is 0 Å². The first-order valence-corrected chi connectivity index (χ1v) is 10.8. The fraction of sp³-hybridized carbons (Fsp3) is 0.154. The van der Waals surface area contributed by atoms with Gasteiger partial charge < -0.3 is 20.5 Å². The predicted octanol–water partition coefficient (Wildman–Crippen LogP) is 4.32. The Morgan fingerprint density at radius 2 is 1.72 bits per heavy atom. The zero-order valence-electron chi connectivity index (χ0n) is 18.2. The van der Waals surface area contributed by atoms with Crippen LogP contribution in [-0.4, -0.2) is 29.6 Å². The lowest BCUT2D eigenvalue weighted by Gasteiger charge is -2.14. The Balaban J connectivity index is 1.50. The zero-order valence-corrected chi connectivity index (χ0v) is 19.0. The molecule has 3 aromatic carbocycles. The molecule has 4 rings (SSSR count). The van der Waals surface area contributed by atoms with E-state index in [0.717, 1.165) is 27.7 Å². The molecule has 162 valence electrons. The highest BCUT2D eigenvalue weighted by Crippen LogP contribution is 2.21. The van der Waals surface area contributed by atoms with Gasteiger partial charge in [-0.15, -0.1) is 0 Å². The van der Waals surface area contributed by atoms with E-state index in [4.69, 9.17) is 18.0 Å². The third kappa shape index (κ3) is 4.65. The number of thiocarbonyl (C=S) groups is 1. The Bertz CT molecular complexity index is 1270. The van der Waals surface area contributed by atoms with E-state index in [2.05, 4.69) is 40.5 Å². The molecule has 6 heteroatoms.